The van der Waals surface area contributed by atoms with Crippen molar-refractivity contribution in [1.82, 2.24) is 4.90 Å². The van der Waals surface area contributed by atoms with Gasteiger partial charge in [-0.1, -0.05) is 103 Å². The quantitative estimate of drug-likeness (QED) is 0.335. The van der Waals surface area contributed by atoms with E-state index in [2.05, 4.69) is 107 Å². The second-order valence-electron chi connectivity index (χ2n) is 7.62. The maximum atomic E-state index is 5.81. The lowest BCUT2D eigenvalue weighted by atomic mass is 10.0. The SMILES string of the molecule is S=C(Nc1ccc(Cc2ccccc2)cc1)N(Cc1ccccc1)Cc1ccccc1. The number of benzene rings is 4. The van der Waals surface area contributed by atoms with Gasteiger partial charge in [0.2, 0.25) is 0 Å². The Morgan fingerprint density at radius 1 is 0.548 bits per heavy atom. The Morgan fingerprint density at radius 2 is 0.968 bits per heavy atom. The van der Waals surface area contributed by atoms with Gasteiger partial charge in [-0.2, -0.15) is 0 Å². The van der Waals surface area contributed by atoms with Gasteiger partial charge in [0.25, 0.3) is 0 Å². The van der Waals surface area contributed by atoms with Gasteiger partial charge in [-0.15, -0.1) is 0 Å². The van der Waals surface area contributed by atoms with Crippen molar-refractivity contribution in [3.8, 4) is 0 Å². The van der Waals surface area contributed by atoms with Gasteiger partial charge in [0, 0.05) is 18.8 Å². The molecule has 0 radical (unpaired) electrons. The first-order valence-electron chi connectivity index (χ1n) is 10.5. The average Bonchev–Trinajstić information content (AvgIpc) is 2.82. The van der Waals surface area contributed by atoms with Gasteiger partial charge in [-0.3, -0.25) is 0 Å². The van der Waals surface area contributed by atoms with Crippen molar-refractivity contribution in [3.63, 3.8) is 0 Å². The molecular formula is C28H26N2S. The van der Waals surface area contributed by atoms with Crippen molar-refractivity contribution in [3.05, 3.63) is 138 Å². The summed E-state index contributed by atoms with van der Waals surface area (Å²) in [5, 5.41) is 4.16. The Labute approximate surface area is 190 Å². The van der Waals surface area contributed by atoms with Crippen molar-refractivity contribution in [2.24, 2.45) is 0 Å². The van der Waals surface area contributed by atoms with Crippen LogP contribution in [0.2, 0.25) is 0 Å². The highest BCUT2D eigenvalue weighted by Crippen LogP contribution is 2.16. The molecule has 0 aromatic heterocycles. The van der Waals surface area contributed by atoms with Crippen LogP contribution >= 0.6 is 12.2 Å². The minimum atomic E-state index is 0.725. The van der Waals surface area contributed by atoms with E-state index >= 15 is 0 Å². The normalized spacial score (nSPS) is 10.5. The fourth-order valence-corrected chi connectivity index (χ4v) is 3.79. The summed E-state index contributed by atoms with van der Waals surface area (Å²) in [6, 6.07) is 40.0. The van der Waals surface area contributed by atoms with Crippen LogP contribution in [0.1, 0.15) is 22.3 Å². The van der Waals surface area contributed by atoms with E-state index in [0.717, 1.165) is 30.3 Å². The van der Waals surface area contributed by atoms with Crippen LogP contribution in [-0.4, -0.2) is 10.0 Å². The molecule has 154 valence electrons. The number of thiocarbonyl (C=S) groups is 1. The number of rotatable bonds is 7. The maximum Gasteiger partial charge on any atom is 0.174 e. The Balaban J connectivity index is 1.44. The predicted molar refractivity (Wildman–Crippen MR) is 134 cm³/mol. The van der Waals surface area contributed by atoms with Crippen LogP contribution in [0.4, 0.5) is 5.69 Å². The van der Waals surface area contributed by atoms with Crippen LogP contribution in [0.25, 0.3) is 0 Å². The third kappa shape index (κ3) is 6.27. The van der Waals surface area contributed by atoms with E-state index in [4.69, 9.17) is 12.2 Å². The van der Waals surface area contributed by atoms with Crippen LogP contribution in [0.3, 0.4) is 0 Å². The highest BCUT2D eigenvalue weighted by Gasteiger charge is 2.12. The largest absolute Gasteiger partial charge is 0.340 e. The Bertz CT molecular complexity index is 1040. The summed E-state index contributed by atoms with van der Waals surface area (Å²) >= 11 is 5.81. The smallest absolute Gasteiger partial charge is 0.174 e. The number of hydrogen-bond acceptors (Lipinski definition) is 1. The zero-order valence-corrected chi connectivity index (χ0v) is 18.3. The van der Waals surface area contributed by atoms with Crippen molar-refractivity contribution in [2.45, 2.75) is 19.5 Å². The highest BCUT2D eigenvalue weighted by molar-refractivity contribution is 7.80. The summed E-state index contributed by atoms with van der Waals surface area (Å²) in [4.78, 5) is 2.21. The molecule has 0 atom stereocenters. The van der Waals surface area contributed by atoms with Crippen molar-refractivity contribution in [2.75, 3.05) is 5.32 Å². The van der Waals surface area contributed by atoms with Crippen LogP contribution in [0, 0.1) is 0 Å². The van der Waals surface area contributed by atoms with Crippen LogP contribution in [0.5, 0.6) is 0 Å². The van der Waals surface area contributed by atoms with E-state index in [9.17, 15) is 0 Å². The zero-order chi connectivity index (χ0) is 21.3. The third-order valence-electron chi connectivity index (χ3n) is 5.18. The summed E-state index contributed by atoms with van der Waals surface area (Å²) in [5.41, 5.74) is 6.08. The molecule has 0 unspecified atom stereocenters. The monoisotopic (exact) mass is 422 g/mol. The van der Waals surface area contributed by atoms with Gasteiger partial charge in [0.15, 0.2) is 5.11 Å². The zero-order valence-electron chi connectivity index (χ0n) is 17.4. The molecule has 4 rings (SSSR count). The number of nitrogens with zero attached hydrogens (tertiary/aromatic N) is 1. The van der Waals surface area contributed by atoms with Crippen LogP contribution in [0.15, 0.2) is 115 Å². The summed E-state index contributed by atoms with van der Waals surface area (Å²) < 4.78 is 0. The first-order chi connectivity index (χ1) is 15.3. The van der Waals surface area contributed by atoms with Gasteiger partial charge in [0.05, 0.1) is 0 Å². The first-order valence-corrected chi connectivity index (χ1v) is 10.9. The van der Waals surface area contributed by atoms with E-state index in [1.54, 1.807) is 0 Å². The first kappa shape index (κ1) is 20.8. The minimum absolute atomic E-state index is 0.725. The van der Waals surface area contributed by atoms with Gasteiger partial charge in [-0.25, -0.2) is 0 Å². The molecule has 2 nitrogen and oxygen atoms in total. The van der Waals surface area contributed by atoms with E-state index in [1.807, 2.05) is 18.2 Å². The molecule has 0 fully saturated rings. The van der Waals surface area contributed by atoms with Crippen molar-refractivity contribution < 1.29 is 0 Å². The number of hydrogen-bond donors (Lipinski definition) is 1. The standard InChI is InChI=1S/C28H26N2S/c31-28(29-27-18-16-24(17-19-27)20-23-10-4-1-5-11-23)30(21-25-12-6-2-7-13-25)22-26-14-8-3-9-15-26/h1-19H,20-22H2,(H,29,31). The van der Waals surface area contributed by atoms with E-state index < -0.39 is 0 Å². The number of anilines is 1. The van der Waals surface area contributed by atoms with Crippen molar-refractivity contribution in [1.29, 1.82) is 0 Å². The molecular weight excluding hydrogens is 396 g/mol. The molecule has 0 bridgehead atoms. The lowest BCUT2D eigenvalue weighted by molar-refractivity contribution is 0.413. The molecule has 1 N–H and O–H groups in total. The molecule has 0 spiro atoms. The summed E-state index contributed by atoms with van der Waals surface area (Å²) in [6.07, 6.45) is 0.930. The van der Waals surface area contributed by atoms with Crippen LogP contribution in [-0.2, 0) is 19.5 Å². The van der Waals surface area contributed by atoms with Gasteiger partial charge < -0.3 is 10.2 Å². The van der Waals surface area contributed by atoms with Gasteiger partial charge in [0.1, 0.15) is 0 Å². The van der Waals surface area contributed by atoms with Crippen LogP contribution < -0.4 is 5.32 Å². The van der Waals surface area contributed by atoms with E-state index in [1.165, 1.54) is 22.3 Å². The summed E-state index contributed by atoms with van der Waals surface area (Å²) in [5.74, 6) is 0. The molecule has 0 aliphatic heterocycles. The third-order valence-corrected chi connectivity index (χ3v) is 5.54. The summed E-state index contributed by atoms with van der Waals surface area (Å²) in [7, 11) is 0. The molecule has 0 saturated heterocycles. The second-order valence-corrected chi connectivity index (χ2v) is 8.00. The van der Waals surface area contributed by atoms with Gasteiger partial charge >= 0.3 is 0 Å². The number of nitrogens with one attached hydrogen (secondary N) is 1. The Morgan fingerprint density at radius 3 is 1.45 bits per heavy atom. The van der Waals surface area contributed by atoms with E-state index in [0.29, 0.717) is 0 Å². The molecule has 4 aromatic carbocycles. The molecule has 0 amide bonds. The molecule has 4 aromatic rings. The maximum absolute atomic E-state index is 5.81. The molecule has 0 aliphatic carbocycles. The Kier molecular flexibility index (Phi) is 7.09. The second kappa shape index (κ2) is 10.6. The molecule has 0 saturated carbocycles. The molecule has 3 heteroatoms. The average molecular weight is 423 g/mol. The lowest BCUT2D eigenvalue weighted by Gasteiger charge is -2.26. The fraction of sp³-hybridized carbons (Fsp3) is 0.107. The molecule has 0 heterocycles. The Hall–Kier alpha value is -3.43. The lowest BCUT2D eigenvalue weighted by Crippen LogP contribution is -2.33. The minimum Gasteiger partial charge on any atom is -0.340 e. The van der Waals surface area contributed by atoms with Gasteiger partial charge in [-0.05, 0) is 53.0 Å². The predicted octanol–water partition coefficient (Wildman–Crippen LogP) is 6.68. The summed E-state index contributed by atoms with van der Waals surface area (Å²) in [6.45, 7) is 1.52. The molecule has 31 heavy (non-hydrogen) atoms. The topological polar surface area (TPSA) is 15.3 Å². The fourth-order valence-electron chi connectivity index (χ4n) is 3.55. The van der Waals surface area contributed by atoms with E-state index in [-0.39, 0.29) is 0 Å². The highest BCUT2D eigenvalue weighted by atomic mass is 32.1. The molecule has 0 aliphatic rings. The van der Waals surface area contributed by atoms with Crippen molar-refractivity contribution >= 4 is 23.0 Å².